The number of aromatic hydroxyl groups is 2. The molecule has 0 amide bonds. The number of ether oxygens (including phenoxy) is 2. The smallest absolute Gasteiger partial charge is 0.416 e. The Morgan fingerprint density at radius 3 is 2.21 bits per heavy atom. The largest absolute Gasteiger partial charge is 0.494 e. The van der Waals surface area contributed by atoms with Gasteiger partial charge in [-0.05, 0) is 55.5 Å². The molecule has 0 aliphatic carbocycles. The van der Waals surface area contributed by atoms with E-state index in [-0.39, 0.29) is 35.6 Å². The Hall–Kier alpha value is -4.11. The van der Waals surface area contributed by atoms with Gasteiger partial charge in [-0.1, -0.05) is 6.07 Å². The maximum atomic E-state index is 13.5. The van der Waals surface area contributed by atoms with E-state index in [9.17, 15) is 36.6 Å². The fraction of sp³-hybridized carbons (Fsp3) is 0.269. The zero-order chi connectivity index (χ0) is 27.7. The summed E-state index contributed by atoms with van der Waals surface area (Å²) in [5.74, 6) is -0.913. The quantitative estimate of drug-likeness (QED) is 0.210. The summed E-state index contributed by atoms with van der Waals surface area (Å²) < 4.78 is 91.5. The van der Waals surface area contributed by atoms with E-state index in [1.165, 1.54) is 18.2 Å². The molecule has 5 rings (SSSR count). The van der Waals surface area contributed by atoms with Gasteiger partial charge in [0.1, 0.15) is 17.0 Å². The number of aromatic nitrogens is 1. The maximum Gasteiger partial charge on any atom is 0.416 e. The van der Waals surface area contributed by atoms with Crippen LogP contribution >= 0.6 is 0 Å². The van der Waals surface area contributed by atoms with Crippen LogP contribution in [-0.2, 0) is 28.3 Å². The van der Waals surface area contributed by atoms with Crippen molar-refractivity contribution < 1.29 is 46.0 Å². The summed E-state index contributed by atoms with van der Waals surface area (Å²) in [6.07, 6.45) is -6.00. The second-order valence-electron chi connectivity index (χ2n) is 9.10. The Bertz CT molecular complexity index is 1500. The third-order valence-corrected chi connectivity index (χ3v) is 6.69. The lowest BCUT2D eigenvalue weighted by Crippen LogP contribution is -2.25. The molecule has 0 spiro atoms. The summed E-state index contributed by atoms with van der Waals surface area (Å²) in [4.78, 5) is 2.89. The zero-order valence-electron chi connectivity index (χ0n) is 19.5. The molecule has 0 saturated heterocycles. The molecule has 2 aliphatic rings. The van der Waals surface area contributed by atoms with E-state index in [4.69, 9.17) is 16.0 Å². The van der Waals surface area contributed by atoms with Crippen molar-refractivity contribution in [1.82, 2.24) is 4.57 Å². The number of rotatable bonds is 5. The second-order valence-corrected chi connectivity index (χ2v) is 9.10. The molecule has 198 valence electrons. The van der Waals surface area contributed by atoms with E-state index in [1.807, 2.05) is 0 Å². The van der Waals surface area contributed by atoms with Crippen molar-refractivity contribution in [2.24, 2.45) is 0 Å². The number of hydrogen-bond acceptors (Lipinski definition) is 4. The summed E-state index contributed by atoms with van der Waals surface area (Å²) in [6, 6.07) is 6.89. The van der Waals surface area contributed by atoms with Gasteiger partial charge in [-0.25, -0.2) is 4.85 Å². The second kappa shape index (κ2) is 8.19. The minimum Gasteiger partial charge on any atom is -0.494 e. The van der Waals surface area contributed by atoms with Gasteiger partial charge in [-0.15, -0.1) is 0 Å². The molecule has 0 radical (unpaired) electrons. The van der Waals surface area contributed by atoms with Crippen LogP contribution in [0.25, 0.3) is 10.5 Å². The molecule has 6 nitrogen and oxygen atoms in total. The molecular weight excluding hydrogens is 518 g/mol. The van der Waals surface area contributed by atoms with E-state index in [0.29, 0.717) is 6.07 Å². The average molecular weight is 536 g/mol. The van der Waals surface area contributed by atoms with Gasteiger partial charge in [-0.2, -0.15) is 26.3 Å². The molecule has 2 atom stereocenters. The number of benzene rings is 2. The van der Waals surface area contributed by atoms with Crippen LogP contribution in [0.5, 0.6) is 17.5 Å². The standard InChI is InChI=1S/C26H18F6N2O4/c1-23-9-10-24(38-23,11-12-37-16-6-3-14(4-7-16)25(27,28)29)20-19(23)21(35)34(22(20)36)15-5-8-18(33-2)17(13-15)26(30,31)32/h3-10,13,35-36H,11-12H2,1H3. The van der Waals surface area contributed by atoms with Crippen LogP contribution in [0.1, 0.15) is 35.6 Å². The molecule has 2 N–H and O–H groups in total. The minimum atomic E-state index is -4.84. The van der Waals surface area contributed by atoms with E-state index in [2.05, 4.69) is 4.85 Å². The molecule has 0 saturated carbocycles. The molecule has 2 bridgehead atoms. The first-order valence-electron chi connectivity index (χ1n) is 11.2. The monoisotopic (exact) mass is 536 g/mol. The molecule has 3 aromatic rings. The summed E-state index contributed by atoms with van der Waals surface area (Å²) in [5, 5.41) is 22.2. The van der Waals surface area contributed by atoms with Crippen molar-refractivity contribution in [2.75, 3.05) is 6.61 Å². The van der Waals surface area contributed by atoms with Gasteiger partial charge in [0.15, 0.2) is 5.69 Å². The van der Waals surface area contributed by atoms with E-state index >= 15 is 0 Å². The highest BCUT2D eigenvalue weighted by molar-refractivity contribution is 5.66. The lowest BCUT2D eigenvalue weighted by Gasteiger charge is -2.25. The Labute approximate surface area is 211 Å². The summed E-state index contributed by atoms with van der Waals surface area (Å²) in [6.45, 7) is 8.56. The van der Waals surface area contributed by atoms with Crippen LogP contribution in [0.15, 0.2) is 54.6 Å². The van der Waals surface area contributed by atoms with Crippen LogP contribution in [0.3, 0.4) is 0 Å². The average Bonchev–Trinajstić information content (AvgIpc) is 3.42. The van der Waals surface area contributed by atoms with Crippen LogP contribution in [0.4, 0.5) is 32.0 Å². The molecule has 38 heavy (non-hydrogen) atoms. The zero-order valence-corrected chi connectivity index (χ0v) is 19.5. The molecule has 2 aliphatic heterocycles. The van der Waals surface area contributed by atoms with Crippen molar-refractivity contribution in [2.45, 2.75) is 36.9 Å². The first-order valence-corrected chi connectivity index (χ1v) is 11.2. The number of halogens is 6. The van der Waals surface area contributed by atoms with Gasteiger partial charge in [0.05, 0.1) is 41.1 Å². The molecule has 3 heterocycles. The highest BCUT2D eigenvalue weighted by Crippen LogP contribution is 2.62. The third-order valence-electron chi connectivity index (χ3n) is 6.69. The predicted molar refractivity (Wildman–Crippen MR) is 121 cm³/mol. The van der Waals surface area contributed by atoms with Crippen molar-refractivity contribution in [1.29, 1.82) is 0 Å². The molecular formula is C26H18F6N2O4. The highest BCUT2D eigenvalue weighted by Gasteiger charge is 2.58. The summed E-state index contributed by atoms with van der Waals surface area (Å²) in [7, 11) is 0. The van der Waals surface area contributed by atoms with Crippen molar-refractivity contribution in [3.05, 3.63) is 88.3 Å². The Morgan fingerprint density at radius 2 is 1.61 bits per heavy atom. The normalized spacial score (nSPS) is 21.9. The van der Waals surface area contributed by atoms with Crippen LogP contribution in [-0.4, -0.2) is 21.4 Å². The highest BCUT2D eigenvalue weighted by atomic mass is 19.4. The van der Waals surface area contributed by atoms with Crippen LogP contribution < -0.4 is 4.74 Å². The minimum absolute atomic E-state index is 0.0610. The Kier molecular flexibility index (Phi) is 5.51. The van der Waals surface area contributed by atoms with Crippen LogP contribution in [0.2, 0.25) is 0 Å². The lowest BCUT2D eigenvalue weighted by atomic mass is 9.83. The van der Waals surface area contributed by atoms with Gasteiger partial charge >= 0.3 is 12.4 Å². The van der Waals surface area contributed by atoms with Crippen molar-refractivity contribution in [3.8, 4) is 23.2 Å². The number of fused-ring (bicyclic) bond motifs is 5. The van der Waals surface area contributed by atoms with E-state index in [1.54, 1.807) is 19.1 Å². The van der Waals surface area contributed by atoms with Gasteiger partial charge in [0.25, 0.3) is 0 Å². The van der Waals surface area contributed by atoms with E-state index < -0.39 is 52.1 Å². The Balaban J connectivity index is 1.47. The molecule has 12 heteroatoms. The SMILES string of the molecule is [C-]#[N+]c1ccc(-n2c(O)c3c(c2O)C2(CCOc4ccc(C(F)(F)F)cc4)C=CC3(C)O2)cc1C(F)(F)F. The predicted octanol–water partition coefficient (Wildman–Crippen LogP) is 6.96. The fourth-order valence-corrected chi connectivity index (χ4v) is 4.98. The summed E-state index contributed by atoms with van der Waals surface area (Å²) in [5.41, 5.74) is -5.12. The van der Waals surface area contributed by atoms with Gasteiger partial charge < -0.3 is 19.7 Å². The van der Waals surface area contributed by atoms with Crippen LogP contribution in [0, 0.1) is 6.57 Å². The first kappa shape index (κ1) is 25.5. The number of nitrogens with zero attached hydrogens (tertiary/aromatic N) is 2. The van der Waals surface area contributed by atoms with Gasteiger partial charge in [0, 0.05) is 6.42 Å². The first-order chi connectivity index (χ1) is 17.7. The molecule has 0 fully saturated rings. The van der Waals surface area contributed by atoms with Gasteiger partial charge in [0.2, 0.25) is 11.8 Å². The maximum absolute atomic E-state index is 13.5. The molecule has 1 aromatic heterocycles. The molecule has 2 aromatic carbocycles. The third kappa shape index (κ3) is 3.85. The topological polar surface area (TPSA) is 68.2 Å². The van der Waals surface area contributed by atoms with Crippen molar-refractivity contribution >= 4 is 5.69 Å². The molecule has 2 unspecified atom stereocenters. The lowest BCUT2D eigenvalue weighted by molar-refractivity contribution is -0.138. The summed E-state index contributed by atoms with van der Waals surface area (Å²) >= 11 is 0. The fourth-order valence-electron chi connectivity index (χ4n) is 4.98. The number of alkyl halides is 6. The van der Waals surface area contributed by atoms with Gasteiger partial charge in [-0.3, -0.25) is 4.57 Å². The Morgan fingerprint density at radius 1 is 0.947 bits per heavy atom. The van der Waals surface area contributed by atoms with E-state index in [0.717, 1.165) is 22.8 Å². The number of hydrogen-bond donors (Lipinski definition) is 2. The van der Waals surface area contributed by atoms with Crippen molar-refractivity contribution in [3.63, 3.8) is 0 Å².